The topological polar surface area (TPSA) is 12.5 Å². The van der Waals surface area contributed by atoms with Crippen molar-refractivity contribution in [3.63, 3.8) is 0 Å². The van der Waals surface area contributed by atoms with E-state index in [1.165, 1.54) is 0 Å². The van der Waals surface area contributed by atoms with E-state index in [1.54, 1.807) is 0 Å². The Kier molecular flexibility index (Phi) is 2.14. The zero-order valence-corrected chi connectivity index (χ0v) is 5.42. The number of ether oxygens (including phenoxy) is 1. The second-order valence-electron chi connectivity index (χ2n) is 1.65. The summed E-state index contributed by atoms with van der Waals surface area (Å²) < 4.78 is 7.27. The molecule has 0 aromatic heterocycles. The molecule has 0 unspecified atom stereocenters. The number of morpholine rings is 1. The third kappa shape index (κ3) is 1.79. The van der Waals surface area contributed by atoms with Crippen LogP contribution < -0.4 is 0 Å². The second-order valence-corrected chi connectivity index (χ2v) is 2.38. The van der Waals surface area contributed by atoms with Gasteiger partial charge in [-0.1, -0.05) is 0 Å². The number of hydrogen-bond acceptors (Lipinski definition) is 2. The van der Waals surface area contributed by atoms with Crippen molar-refractivity contribution in [1.29, 1.82) is 0 Å². The summed E-state index contributed by atoms with van der Waals surface area (Å²) in [5, 5.41) is 0. The van der Waals surface area contributed by atoms with Gasteiger partial charge in [0.25, 0.3) is 0 Å². The van der Waals surface area contributed by atoms with Crippen LogP contribution in [0.1, 0.15) is 0 Å². The van der Waals surface area contributed by atoms with Gasteiger partial charge < -0.3 is 0 Å². The van der Waals surface area contributed by atoms with E-state index >= 15 is 0 Å². The van der Waals surface area contributed by atoms with Crippen molar-refractivity contribution in [2.24, 2.45) is 0 Å². The number of hydrogen-bond donors (Lipinski definition) is 0. The summed E-state index contributed by atoms with van der Waals surface area (Å²) in [7, 11) is 0. The summed E-state index contributed by atoms with van der Waals surface area (Å²) in [6.07, 6.45) is 0. The van der Waals surface area contributed by atoms with Gasteiger partial charge in [-0.25, -0.2) is 0 Å². The average molecular weight is 113 g/mol. The van der Waals surface area contributed by atoms with Crippen molar-refractivity contribution >= 4 is 16.5 Å². The van der Waals surface area contributed by atoms with Gasteiger partial charge in [0.2, 0.25) is 0 Å². The summed E-state index contributed by atoms with van der Waals surface area (Å²) >= 11 is 2.66. The minimum atomic E-state index is 0.892. The van der Waals surface area contributed by atoms with Gasteiger partial charge in [0.1, 0.15) is 0 Å². The zero-order valence-electron chi connectivity index (χ0n) is 4.26. The Morgan fingerprint density at radius 2 is 1.86 bits per heavy atom. The molecule has 1 saturated heterocycles. The van der Waals surface area contributed by atoms with Crippen molar-refractivity contribution in [2.75, 3.05) is 26.3 Å². The van der Waals surface area contributed by atoms with Gasteiger partial charge >= 0.3 is 51.4 Å². The maximum atomic E-state index is 5.08. The van der Waals surface area contributed by atoms with E-state index in [0.717, 1.165) is 26.3 Å². The molecular formula is C4H8AlNO+2. The fourth-order valence-corrected chi connectivity index (χ4v) is 0.788. The van der Waals surface area contributed by atoms with Crippen LogP contribution in [0.2, 0.25) is 0 Å². The van der Waals surface area contributed by atoms with Crippen molar-refractivity contribution < 1.29 is 4.74 Å². The molecule has 36 valence electrons. The van der Waals surface area contributed by atoms with Gasteiger partial charge in [-0.2, -0.15) is 0 Å². The standard InChI is InChI=1S/C4H8NO.Al/c1-3-6-4-2-5-1;/h1-4H2;/q-1;+3. The van der Waals surface area contributed by atoms with Gasteiger partial charge in [0.15, 0.2) is 0 Å². The van der Waals surface area contributed by atoms with Crippen LogP contribution in [0.4, 0.5) is 0 Å². The Bertz CT molecular complexity index is 53.7. The normalized spacial score (nSPS) is 25.4. The molecule has 0 aromatic rings. The molecule has 1 aliphatic rings. The van der Waals surface area contributed by atoms with Crippen molar-refractivity contribution in [1.82, 2.24) is 3.88 Å². The van der Waals surface area contributed by atoms with Crippen LogP contribution in [0.3, 0.4) is 0 Å². The minimum absolute atomic E-state index is 0.892. The molecular weight excluding hydrogens is 105 g/mol. The molecule has 0 bridgehead atoms. The van der Waals surface area contributed by atoms with Gasteiger partial charge in [-0.15, -0.1) is 0 Å². The maximum absolute atomic E-state index is 5.08. The van der Waals surface area contributed by atoms with Gasteiger partial charge in [0, 0.05) is 0 Å². The monoisotopic (exact) mass is 113 g/mol. The second kappa shape index (κ2) is 2.69. The van der Waals surface area contributed by atoms with Crippen LogP contribution in [-0.2, 0) is 4.74 Å². The molecule has 0 saturated carbocycles. The fourth-order valence-electron chi connectivity index (χ4n) is 0.577. The van der Waals surface area contributed by atoms with Crippen LogP contribution >= 0.6 is 0 Å². The summed E-state index contributed by atoms with van der Waals surface area (Å²) in [6, 6.07) is 0. The molecule has 0 aliphatic carbocycles. The third-order valence-corrected chi connectivity index (χ3v) is 1.56. The summed E-state index contributed by atoms with van der Waals surface area (Å²) in [4.78, 5) is 0. The Labute approximate surface area is 52.1 Å². The molecule has 1 rings (SSSR count). The summed E-state index contributed by atoms with van der Waals surface area (Å²) in [5.74, 6) is 0. The van der Waals surface area contributed by atoms with Crippen molar-refractivity contribution in [3.05, 3.63) is 0 Å². The average Bonchev–Trinajstić information content (AvgIpc) is 1.69. The molecule has 0 atom stereocenters. The molecule has 0 amide bonds. The summed E-state index contributed by atoms with van der Waals surface area (Å²) in [5.41, 5.74) is 0. The van der Waals surface area contributed by atoms with Crippen LogP contribution in [0.15, 0.2) is 0 Å². The molecule has 0 aromatic carbocycles. The molecule has 1 aliphatic heterocycles. The molecule has 3 heteroatoms. The van der Waals surface area contributed by atoms with Gasteiger partial charge in [-0.3, -0.25) is 0 Å². The van der Waals surface area contributed by atoms with E-state index in [-0.39, 0.29) is 0 Å². The predicted octanol–water partition coefficient (Wildman–Crippen LogP) is -0.598. The number of nitrogens with zero attached hydrogens (tertiary/aromatic N) is 1. The number of rotatable bonds is 0. The van der Waals surface area contributed by atoms with Crippen LogP contribution in [0, 0.1) is 0 Å². The van der Waals surface area contributed by atoms with Crippen molar-refractivity contribution in [3.8, 4) is 0 Å². The van der Waals surface area contributed by atoms with Crippen LogP contribution in [0.25, 0.3) is 0 Å². The van der Waals surface area contributed by atoms with E-state index < -0.39 is 0 Å². The zero-order chi connectivity index (χ0) is 5.11. The molecule has 0 radical (unpaired) electrons. The van der Waals surface area contributed by atoms with E-state index in [0.29, 0.717) is 0 Å². The quantitative estimate of drug-likeness (QED) is 0.389. The summed E-state index contributed by atoms with van der Waals surface area (Å²) in [6.45, 7) is 3.91. The SMILES string of the molecule is [Al+2][N]1CCOCC1. The Hall–Kier alpha value is 0.452. The first-order valence-electron chi connectivity index (χ1n) is 2.47. The molecule has 0 N–H and O–H groups in total. The van der Waals surface area contributed by atoms with E-state index in [1.807, 2.05) is 0 Å². The van der Waals surface area contributed by atoms with E-state index in [2.05, 4.69) is 20.4 Å². The van der Waals surface area contributed by atoms with Crippen LogP contribution in [0.5, 0.6) is 0 Å². The first-order valence-corrected chi connectivity index (χ1v) is 2.98. The van der Waals surface area contributed by atoms with E-state index in [4.69, 9.17) is 4.74 Å². The molecule has 0 spiro atoms. The molecule has 7 heavy (non-hydrogen) atoms. The first-order chi connectivity index (χ1) is 3.39. The third-order valence-electron chi connectivity index (χ3n) is 1.05. The Balaban J connectivity index is 2.12. The molecule has 1 fully saturated rings. The molecule has 2 nitrogen and oxygen atoms in total. The predicted molar refractivity (Wildman–Crippen MR) is 28.1 cm³/mol. The Morgan fingerprint density at radius 3 is 2.14 bits per heavy atom. The van der Waals surface area contributed by atoms with E-state index in [9.17, 15) is 0 Å². The fraction of sp³-hybridized carbons (Fsp3) is 1.00. The molecule has 1 heterocycles. The van der Waals surface area contributed by atoms with Crippen LogP contribution in [-0.4, -0.2) is 46.7 Å². The Morgan fingerprint density at radius 1 is 1.29 bits per heavy atom. The first kappa shape index (κ1) is 5.59. The van der Waals surface area contributed by atoms with Crippen molar-refractivity contribution in [2.45, 2.75) is 0 Å². The van der Waals surface area contributed by atoms with Gasteiger partial charge in [0.05, 0.1) is 0 Å². The van der Waals surface area contributed by atoms with Gasteiger partial charge in [-0.05, 0) is 0 Å².